The fourth-order valence-electron chi connectivity index (χ4n) is 3.90. The number of ether oxygens (including phenoxy) is 2. The second kappa shape index (κ2) is 9.30. The number of nitrogens with zero attached hydrogens (tertiary/aromatic N) is 4. The Kier molecular flexibility index (Phi) is 5.55. The number of carbonyl (C=O) groups is 1. The molecule has 0 radical (unpaired) electrons. The largest absolute Gasteiger partial charge is 0.454 e. The zero-order valence-electron chi connectivity index (χ0n) is 19.0. The summed E-state index contributed by atoms with van der Waals surface area (Å²) >= 11 is 0. The van der Waals surface area contributed by atoms with Crippen molar-refractivity contribution in [2.45, 2.75) is 6.54 Å². The van der Waals surface area contributed by atoms with Gasteiger partial charge in [0.2, 0.25) is 6.79 Å². The number of nitrogens with one attached hydrogen (secondary N) is 2. The number of anilines is 1. The van der Waals surface area contributed by atoms with Crippen molar-refractivity contribution in [2.75, 3.05) is 12.1 Å². The van der Waals surface area contributed by atoms with Crippen LogP contribution >= 0.6 is 0 Å². The second-order valence-electron chi connectivity index (χ2n) is 8.05. The van der Waals surface area contributed by atoms with Crippen LogP contribution in [0.25, 0.3) is 33.8 Å². The molecule has 176 valence electrons. The summed E-state index contributed by atoms with van der Waals surface area (Å²) in [6.45, 7) is 0.552. The van der Waals surface area contributed by atoms with E-state index >= 15 is 0 Å². The van der Waals surface area contributed by atoms with Gasteiger partial charge in [0.25, 0.3) is 0 Å². The van der Waals surface area contributed by atoms with Crippen molar-refractivity contribution in [1.29, 1.82) is 0 Å². The number of hydrogen-bond donors (Lipinski definition) is 2. The lowest BCUT2D eigenvalue weighted by Gasteiger charge is -2.11. The quantitative estimate of drug-likeness (QED) is 0.375. The third-order valence-electron chi connectivity index (χ3n) is 5.63. The third kappa shape index (κ3) is 4.37. The van der Waals surface area contributed by atoms with Gasteiger partial charge in [-0.2, -0.15) is 0 Å². The van der Waals surface area contributed by atoms with Crippen LogP contribution in [-0.4, -0.2) is 32.8 Å². The van der Waals surface area contributed by atoms with Crippen LogP contribution in [0.2, 0.25) is 0 Å². The average molecular weight is 476 g/mol. The van der Waals surface area contributed by atoms with Crippen LogP contribution in [0.15, 0.2) is 85.2 Å². The number of aromatic nitrogens is 4. The standard InChI is InChI=1S/C27H20N6O3/c34-27(30-15-17-7-10-23-24(13-17)36-16-35-23)31-18-8-9-19-22(14-18)33-26(21-6-2-4-12-29-21)25(32-19)20-5-1-3-11-28-20/h1-14H,15-16H2,(H2,30,31,34). The molecular weight excluding hydrogens is 456 g/mol. The van der Waals surface area contributed by atoms with Gasteiger partial charge >= 0.3 is 6.03 Å². The first-order valence-corrected chi connectivity index (χ1v) is 11.3. The van der Waals surface area contributed by atoms with E-state index in [-0.39, 0.29) is 12.8 Å². The van der Waals surface area contributed by atoms with E-state index in [1.54, 1.807) is 24.5 Å². The molecule has 0 unspecified atom stereocenters. The monoisotopic (exact) mass is 476 g/mol. The number of pyridine rings is 2. The molecule has 0 fully saturated rings. The van der Waals surface area contributed by atoms with Crippen molar-refractivity contribution in [3.05, 3.63) is 90.8 Å². The Labute approximate surface area is 206 Å². The van der Waals surface area contributed by atoms with Crippen molar-refractivity contribution >= 4 is 22.8 Å². The summed E-state index contributed by atoms with van der Waals surface area (Å²) in [4.78, 5) is 31.1. The number of benzene rings is 2. The molecule has 1 aliphatic heterocycles. The van der Waals surface area contributed by atoms with Crippen LogP contribution < -0.4 is 20.1 Å². The van der Waals surface area contributed by atoms with Crippen LogP contribution in [0, 0.1) is 0 Å². The molecule has 2 aromatic carbocycles. The molecule has 9 nitrogen and oxygen atoms in total. The molecule has 2 N–H and O–H groups in total. The lowest BCUT2D eigenvalue weighted by molar-refractivity contribution is 0.174. The highest BCUT2D eigenvalue weighted by Crippen LogP contribution is 2.32. The predicted molar refractivity (Wildman–Crippen MR) is 134 cm³/mol. The maximum Gasteiger partial charge on any atom is 0.319 e. The zero-order chi connectivity index (χ0) is 24.3. The minimum Gasteiger partial charge on any atom is -0.454 e. The van der Waals surface area contributed by atoms with Gasteiger partial charge in [0.05, 0.1) is 22.4 Å². The molecule has 0 aliphatic carbocycles. The molecule has 36 heavy (non-hydrogen) atoms. The summed E-state index contributed by atoms with van der Waals surface area (Å²) in [6.07, 6.45) is 3.44. The highest BCUT2D eigenvalue weighted by atomic mass is 16.7. The van der Waals surface area contributed by atoms with Crippen LogP contribution in [0.1, 0.15) is 5.56 Å². The predicted octanol–water partition coefficient (Wildman–Crippen LogP) is 4.80. The van der Waals surface area contributed by atoms with Crippen molar-refractivity contribution in [3.8, 4) is 34.3 Å². The lowest BCUT2D eigenvalue weighted by Crippen LogP contribution is -2.28. The highest BCUT2D eigenvalue weighted by Gasteiger charge is 2.16. The molecule has 2 amide bonds. The van der Waals surface area contributed by atoms with Gasteiger partial charge in [-0.15, -0.1) is 0 Å². The Bertz CT molecular complexity index is 1560. The first-order chi connectivity index (χ1) is 17.7. The molecule has 1 aliphatic rings. The second-order valence-corrected chi connectivity index (χ2v) is 8.05. The normalized spacial score (nSPS) is 11.9. The molecule has 0 bridgehead atoms. The zero-order valence-corrected chi connectivity index (χ0v) is 19.0. The molecular formula is C27H20N6O3. The fourth-order valence-corrected chi connectivity index (χ4v) is 3.90. The first kappa shape index (κ1) is 21.5. The van der Waals surface area contributed by atoms with Crippen molar-refractivity contribution < 1.29 is 14.3 Å². The van der Waals surface area contributed by atoms with E-state index in [4.69, 9.17) is 19.4 Å². The molecule has 4 heterocycles. The van der Waals surface area contributed by atoms with Crippen LogP contribution in [0.4, 0.5) is 10.5 Å². The van der Waals surface area contributed by atoms with Crippen LogP contribution in [0.5, 0.6) is 11.5 Å². The van der Waals surface area contributed by atoms with Gasteiger partial charge in [-0.25, -0.2) is 14.8 Å². The van der Waals surface area contributed by atoms with Crippen LogP contribution in [0.3, 0.4) is 0 Å². The van der Waals surface area contributed by atoms with E-state index in [1.807, 2.05) is 60.7 Å². The molecule has 0 saturated carbocycles. The average Bonchev–Trinajstić information content (AvgIpc) is 3.40. The summed E-state index contributed by atoms with van der Waals surface area (Å²) in [7, 11) is 0. The summed E-state index contributed by atoms with van der Waals surface area (Å²) in [5.74, 6) is 1.38. The number of carbonyl (C=O) groups excluding carboxylic acids is 1. The number of urea groups is 1. The Balaban J connectivity index is 1.25. The van der Waals surface area contributed by atoms with Gasteiger partial charge in [0.15, 0.2) is 11.5 Å². The highest BCUT2D eigenvalue weighted by molar-refractivity contribution is 5.93. The number of fused-ring (bicyclic) bond motifs is 2. The lowest BCUT2D eigenvalue weighted by atomic mass is 10.1. The minimum absolute atomic E-state index is 0.211. The van der Waals surface area contributed by atoms with E-state index in [0.29, 0.717) is 57.5 Å². The van der Waals surface area contributed by atoms with Gasteiger partial charge in [0.1, 0.15) is 11.4 Å². The van der Waals surface area contributed by atoms with Crippen molar-refractivity contribution in [3.63, 3.8) is 0 Å². The molecule has 5 aromatic rings. The fraction of sp³-hybridized carbons (Fsp3) is 0.0741. The maximum absolute atomic E-state index is 12.6. The molecule has 6 rings (SSSR count). The van der Waals surface area contributed by atoms with E-state index in [1.165, 1.54) is 0 Å². The van der Waals surface area contributed by atoms with E-state index in [2.05, 4.69) is 20.6 Å². The Hall–Kier alpha value is -5.05. The maximum atomic E-state index is 12.6. The van der Waals surface area contributed by atoms with E-state index < -0.39 is 0 Å². The molecule has 0 spiro atoms. The summed E-state index contributed by atoms with van der Waals surface area (Å²) in [5.41, 5.74) is 5.46. The molecule has 3 aromatic heterocycles. The molecule has 9 heteroatoms. The van der Waals surface area contributed by atoms with Crippen molar-refractivity contribution in [2.24, 2.45) is 0 Å². The summed E-state index contributed by atoms with van der Waals surface area (Å²) in [5, 5.41) is 5.71. The summed E-state index contributed by atoms with van der Waals surface area (Å²) in [6, 6.07) is 21.9. The van der Waals surface area contributed by atoms with Gasteiger partial charge in [-0.05, 0) is 60.2 Å². The van der Waals surface area contributed by atoms with E-state index in [0.717, 1.165) is 5.56 Å². The number of amides is 2. The Morgan fingerprint density at radius 1 is 0.778 bits per heavy atom. The van der Waals surface area contributed by atoms with Crippen LogP contribution in [-0.2, 0) is 6.54 Å². The van der Waals surface area contributed by atoms with Gasteiger partial charge in [0, 0.05) is 24.6 Å². The Morgan fingerprint density at radius 3 is 2.22 bits per heavy atom. The first-order valence-electron chi connectivity index (χ1n) is 11.3. The topological polar surface area (TPSA) is 111 Å². The molecule has 0 atom stereocenters. The number of rotatable bonds is 5. The van der Waals surface area contributed by atoms with Crippen molar-refractivity contribution in [1.82, 2.24) is 25.3 Å². The summed E-state index contributed by atoms with van der Waals surface area (Å²) < 4.78 is 10.7. The van der Waals surface area contributed by atoms with Gasteiger partial charge < -0.3 is 20.1 Å². The number of hydrogen-bond acceptors (Lipinski definition) is 7. The minimum atomic E-state index is -0.338. The van der Waals surface area contributed by atoms with Gasteiger partial charge in [-0.1, -0.05) is 18.2 Å². The smallest absolute Gasteiger partial charge is 0.319 e. The van der Waals surface area contributed by atoms with E-state index in [9.17, 15) is 4.79 Å². The molecule has 0 saturated heterocycles. The Morgan fingerprint density at radius 2 is 1.50 bits per heavy atom. The van der Waals surface area contributed by atoms with Gasteiger partial charge in [-0.3, -0.25) is 9.97 Å². The SMILES string of the molecule is O=C(NCc1ccc2c(c1)OCO2)Nc1ccc2nc(-c3ccccn3)c(-c3ccccn3)nc2c1. The third-order valence-corrected chi connectivity index (χ3v) is 5.63.